The maximum Gasteiger partial charge on any atom is 0.245 e. The van der Waals surface area contributed by atoms with Crippen LogP contribution in [0, 0.1) is 5.92 Å². The third-order valence-electron chi connectivity index (χ3n) is 3.13. The summed E-state index contributed by atoms with van der Waals surface area (Å²) >= 11 is 0. The van der Waals surface area contributed by atoms with Crippen LogP contribution in [0.25, 0.3) is 0 Å². The first kappa shape index (κ1) is 16.0. The van der Waals surface area contributed by atoms with E-state index in [1.165, 1.54) is 0 Å². The van der Waals surface area contributed by atoms with Gasteiger partial charge in [0.2, 0.25) is 11.8 Å². The molecule has 1 N–H and O–H groups in total. The monoisotopic (exact) mass is 270 g/mol. The second-order valence-corrected chi connectivity index (χ2v) is 5.48. The molecule has 0 bridgehead atoms. The number of nitrogens with zero attached hydrogens (tertiary/aromatic N) is 1. The summed E-state index contributed by atoms with van der Waals surface area (Å²) in [5, 5.41) is 2.77. The third-order valence-corrected chi connectivity index (χ3v) is 3.13. The van der Waals surface area contributed by atoms with E-state index in [-0.39, 0.29) is 24.4 Å². The highest BCUT2D eigenvalue weighted by molar-refractivity contribution is 5.94. The number of amides is 2. The van der Waals surface area contributed by atoms with Crippen LogP contribution in [0.2, 0.25) is 0 Å². The van der Waals surface area contributed by atoms with Crippen LogP contribution in [0.1, 0.15) is 40.0 Å². The van der Waals surface area contributed by atoms with E-state index < -0.39 is 0 Å². The van der Waals surface area contributed by atoms with Gasteiger partial charge in [0.05, 0.1) is 13.2 Å². The fourth-order valence-corrected chi connectivity index (χ4v) is 2.12. The Morgan fingerprint density at radius 3 is 2.74 bits per heavy atom. The van der Waals surface area contributed by atoms with Crippen LogP contribution in [0.3, 0.4) is 0 Å². The van der Waals surface area contributed by atoms with Gasteiger partial charge >= 0.3 is 0 Å². The molecule has 0 aromatic carbocycles. The number of hydrogen-bond donors (Lipinski definition) is 1. The zero-order valence-electron chi connectivity index (χ0n) is 12.3. The summed E-state index contributed by atoms with van der Waals surface area (Å²) in [6.07, 6.45) is 2.82. The van der Waals surface area contributed by atoms with Crippen molar-refractivity contribution in [3.05, 3.63) is 0 Å². The third kappa shape index (κ3) is 5.59. The van der Waals surface area contributed by atoms with E-state index in [1.54, 1.807) is 4.90 Å². The van der Waals surface area contributed by atoms with Crippen molar-refractivity contribution in [3.63, 3.8) is 0 Å². The molecule has 0 aliphatic carbocycles. The molecule has 1 aliphatic heterocycles. The largest absolute Gasteiger partial charge is 0.380 e. The van der Waals surface area contributed by atoms with Gasteiger partial charge in [-0.2, -0.15) is 0 Å². The fraction of sp³-hybridized carbons (Fsp3) is 0.857. The molecule has 0 aromatic rings. The predicted molar refractivity (Wildman–Crippen MR) is 73.7 cm³/mol. The maximum absolute atomic E-state index is 12.2. The van der Waals surface area contributed by atoms with Crippen molar-refractivity contribution < 1.29 is 14.3 Å². The number of carbonyl (C=O) groups is 2. The summed E-state index contributed by atoms with van der Waals surface area (Å²) in [7, 11) is 0. The lowest BCUT2D eigenvalue weighted by Crippen LogP contribution is -2.58. The summed E-state index contributed by atoms with van der Waals surface area (Å²) in [6, 6.07) is -0.364. The molecule has 1 atom stereocenters. The summed E-state index contributed by atoms with van der Waals surface area (Å²) in [6.45, 7) is 8.10. The van der Waals surface area contributed by atoms with Crippen molar-refractivity contribution in [3.8, 4) is 0 Å². The average Bonchev–Trinajstić information content (AvgIpc) is 2.33. The average molecular weight is 270 g/mol. The van der Waals surface area contributed by atoms with Crippen LogP contribution in [0.15, 0.2) is 0 Å². The van der Waals surface area contributed by atoms with Gasteiger partial charge in [-0.25, -0.2) is 0 Å². The van der Waals surface area contributed by atoms with E-state index in [4.69, 9.17) is 4.74 Å². The first-order chi connectivity index (χ1) is 9.04. The van der Waals surface area contributed by atoms with Crippen molar-refractivity contribution in [2.45, 2.75) is 46.1 Å². The smallest absolute Gasteiger partial charge is 0.245 e. The highest BCUT2D eigenvalue weighted by atomic mass is 16.5. The zero-order chi connectivity index (χ0) is 14.3. The Kier molecular flexibility index (Phi) is 6.84. The van der Waals surface area contributed by atoms with Crippen molar-refractivity contribution in [2.24, 2.45) is 5.92 Å². The van der Waals surface area contributed by atoms with Crippen LogP contribution in [0.5, 0.6) is 0 Å². The van der Waals surface area contributed by atoms with Crippen LogP contribution < -0.4 is 5.32 Å². The molecule has 5 heteroatoms. The summed E-state index contributed by atoms with van der Waals surface area (Å²) < 4.78 is 5.45. The highest BCUT2D eigenvalue weighted by Crippen LogP contribution is 2.11. The summed E-state index contributed by atoms with van der Waals surface area (Å²) in [5.41, 5.74) is 0. The number of rotatable bonds is 8. The molecule has 110 valence electrons. The van der Waals surface area contributed by atoms with Gasteiger partial charge in [-0.15, -0.1) is 0 Å². The molecule has 1 unspecified atom stereocenters. The first-order valence-corrected chi connectivity index (χ1v) is 7.20. The molecule has 5 nitrogen and oxygen atoms in total. The topological polar surface area (TPSA) is 58.6 Å². The van der Waals surface area contributed by atoms with Gasteiger partial charge in [-0.3, -0.25) is 9.59 Å². The standard InChI is InChI=1S/C14H26N2O3/c1-4-5-7-19-8-6-16-10-13(17)15-12(14(16)18)9-11(2)3/h11-12H,4-10H2,1-3H3,(H,15,17). The Morgan fingerprint density at radius 2 is 2.11 bits per heavy atom. The summed E-state index contributed by atoms with van der Waals surface area (Å²) in [5.74, 6) is 0.334. The number of ether oxygens (including phenoxy) is 1. The Bertz CT molecular complexity index is 305. The molecule has 0 spiro atoms. The molecule has 1 rings (SSSR count). The Balaban J connectivity index is 2.39. The van der Waals surface area contributed by atoms with E-state index in [9.17, 15) is 9.59 Å². The quantitative estimate of drug-likeness (QED) is 0.674. The Hall–Kier alpha value is -1.10. The van der Waals surface area contributed by atoms with Crippen molar-refractivity contribution in [1.29, 1.82) is 0 Å². The lowest BCUT2D eigenvalue weighted by molar-refractivity contribution is -0.145. The Labute approximate surface area is 115 Å². The van der Waals surface area contributed by atoms with Crippen LogP contribution in [-0.4, -0.2) is 49.1 Å². The van der Waals surface area contributed by atoms with Gasteiger partial charge in [0, 0.05) is 13.2 Å². The van der Waals surface area contributed by atoms with E-state index in [2.05, 4.69) is 12.2 Å². The van der Waals surface area contributed by atoms with Crippen LogP contribution in [0.4, 0.5) is 0 Å². The van der Waals surface area contributed by atoms with Crippen molar-refractivity contribution in [1.82, 2.24) is 10.2 Å². The van der Waals surface area contributed by atoms with E-state index >= 15 is 0 Å². The lowest BCUT2D eigenvalue weighted by Gasteiger charge is -2.33. The second-order valence-electron chi connectivity index (χ2n) is 5.48. The molecular weight excluding hydrogens is 244 g/mol. The molecule has 0 aromatic heterocycles. The maximum atomic E-state index is 12.2. The number of unbranched alkanes of at least 4 members (excludes halogenated alkanes) is 1. The van der Waals surface area contributed by atoms with Crippen molar-refractivity contribution >= 4 is 11.8 Å². The molecule has 0 saturated carbocycles. The van der Waals surface area contributed by atoms with Gasteiger partial charge in [0.1, 0.15) is 6.04 Å². The second kappa shape index (κ2) is 8.15. The zero-order valence-corrected chi connectivity index (χ0v) is 12.3. The van der Waals surface area contributed by atoms with Gasteiger partial charge in [0.25, 0.3) is 0 Å². The van der Waals surface area contributed by atoms with E-state index in [0.29, 0.717) is 25.5 Å². The first-order valence-electron chi connectivity index (χ1n) is 7.20. The molecule has 2 amide bonds. The van der Waals surface area contributed by atoms with Gasteiger partial charge in [0.15, 0.2) is 0 Å². The van der Waals surface area contributed by atoms with Crippen molar-refractivity contribution in [2.75, 3.05) is 26.3 Å². The van der Waals surface area contributed by atoms with Gasteiger partial charge in [-0.05, 0) is 18.8 Å². The van der Waals surface area contributed by atoms with Gasteiger partial charge in [-0.1, -0.05) is 27.2 Å². The minimum absolute atomic E-state index is 0.0207. The Morgan fingerprint density at radius 1 is 1.37 bits per heavy atom. The molecule has 1 aliphatic rings. The molecule has 1 saturated heterocycles. The lowest BCUT2D eigenvalue weighted by atomic mass is 10.0. The van der Waals surface area contributed by atoms with E-state index in [1.807, 2.05) is 13.8 Å². The van der Waals surface area contributed by atoms with Crippen LogP contribution in [-0.2, 0) is 14.3 Å². The molecule has 19 heavy (non-hydrogen) atoms. The molecule has 1 fully saturated rings. The number of hydrogen-bond acceptors (Lipinski definition) is 3. The minimum atomic E-state index is -0.364. The van der Waals surface area contributed by atoms with E-state index in [0.717, 1.165) is 19.4 Å². The highest BCUT2D eigenvalue weighted by Gasteiger charge is 2.32. The number of carbonyl (C=O) groups excluding carboxylic acids is 2. The summed E-state index contributed by atoms with van der Waals surface area (Å²) in [4.78, 5) is 25.4. The normalized spacial score (nSPS) is 20.0. The van der Waals surface area contributed by atoms with Crippen LogP contribution >= 0.6 is 0 Å². The molecule has 1 heterocycles. The molecular formula is C14H26N2O3. The molecule has 0 radical (unpaired) electrons. The SMILES string of the molecule is CCCCOCCN1CC(=O)NC(CC(C)C)C1=O. The predicted octanol–water partition coefficient (Wildman–Crippen LogP) is 1.18. The minimum Gasteiger partial charge on any atom is -0.380 e. The number of piperazine rings is 1. The van der Waals surface area contributed by atoms with Gasteiger partial charge < -0.3 is 15.0 Å². The fourth-order valence-electron chi connectivity index (χ4n) is 2.12. The number of nitrogens with one attached hydrogen (secondary N) is 1.